The van der Waals surface area contributed by atoms with Gasteiger partial charge in [-0.2, -0.15) is 0 Å². The van der Waals surface area contributed by atoms with Crippen LogP contribution in [0.3, 0.4) is 0 Å². The van der Waals surface area contributed by atoms with Crippen LogP contribution < -0.4 is 15.8 Å². The number of hydrogen-bond acceptors (Lipinski definition) is 6. The molecule has 2 atom stereocenters. The van der Waals surface area contributed by atoms with E-state index in [4.69, 9.17) is 15.2 Å². The normalized spacial score (nSPS) is 20.6. The lowest BCUT2D eigenvalue weighted by molar-refractivity contribution is 0.0294. The number of primary amides is 1. The van der Waals surface area contributed by atoms with Crippen molar-refractivity contribution in [3.63, 3.8) is 0 Å². The molecule has 32 heavy (non-hydrogen) atoms. The molecule has 2 aliphatic rings. The van der Waals surface area contributed by atoms with Crippen molar-refractivity contribution in [1.29, 1.82) is 0 Å². The zero-order valence-corrected chi connectivity index (χ0v) is 17.4. The predicted octanol–water partition coefficient (Wildman–Crippen LogP) is 1.82. The molecule has 1 aliphatic heterocycles. The summed E-state index contributed by atoms with van der Waals surface area (Å²) in [5.74, 6) is 0.679. The van der Waals surface area contributed by atoms with E-state index in [1.807, 2.05) is 30.3 Å². The fraction of sp³-hybridized carbons (Fsp3) is 0.364. The van der Waals surface area contributed by atoms with Crippen molar-refractivity contribution in [2.24, 2.45) is 5.73 Å². The second-order valence-corrected chi connectivity index (χ2v) is 7.90. The molecule has 1 fully saturated rings. The van der Waals surface area contributed by atoms with Crippen molar-refractivity contribution in [1.82, 2.24) is 24.8 Å². The third kappa shape index (κ3) is 3.84. The van der Waals surface area contributed by atoms with Gasteiger partial charge in [0.25, 0.3) is 5.91 Å². The topological polar surface area (TPSA) is 124 Å². The molecule has 0 spiro atoms. The quantitative estimate of drug-likeness (QED) is 0.643. The van der Waals surface area contributed by atoms with Gasteiger partial charge in [0, 0.05) is 13.1 Å². The van der Waals surface area contributed by atoms with Gasteiger partial charge in [-0.1, -0.05) is 24.3 Å². The summed E-state index contributed by atoms with van der Waals surface area (Å²) in [5, 5.41) is 11.0. The van der Waals surface area contributed by atoms with Gasteiger partial charge in [0.2, 0.25) is 5.82 Å². The molecule has 1 saturated heterocycles. The Kier molecular flexibility index (Phi) is 5.36. The number of nitrogens with one attached hydrogen (secondary N) is 1. The van der Waals surface area contributed by atoms with E-state index in [2.05, 4.69) is 15.5 Å². The second-order valence-electron chi connectivity index (χ2n) is 7.90. The van der Waals surface area contributed by atoms with Gasteiger partial charge in [-0.05, 0) is 36.1 Å². The Labute approximate surface area is 184 Å². The smallest absolute Gasteiger partial charge is 0.312 e. The number of nitrogens with zero attached hydrogens (tertiary/aromatic N) is 4. The first-order valence-electron chi connectivity index (χ1n) is 10.6. The van der Waals surface area contributed by atoms with Crippen LogP contribution in [0.4, 0.5) is 4.79 Å². The highest BCUT2D eigenvalue weighted by Gasteiger charge is 2.29. The number of morpholine rings is 1. The van der Waals surface area contributed by atoms with Gasteiger partial charge in [-0.3, -0.25) is 9.20 Å². The van der Waals surface area contributed by atoms with Crippen molar-refractivity contribution in [2.45, 2.75) is 25.0 Å². The van der Waals surface area contributed by atoms with Crippen molar-refractivity contribution in [3.05, 3.63) is 59.5 Å². The van der Waals surface area contributed by atoms with Gasteiger partial charge in [0.05, 0.1) is 25.5 Å². The first-order valence-corrected chi connectivity index (χ1v) is 10.6. The molecule has 2 aromatic heterocycles. The molecular weight excluding hydrogens is 412 g/mol. The lowest BCUT2D eigenvalue weighted by atomic mass is 9.85. The molecule has 166 valence electrons. The number of carbonyl (C=O) groups is 2. The predicted molar refractivity (Wildman–Crippen MR) is 114 cm³/mol. The summed E-state index contributed by atoms with van der Waals surface area (Å²) >= 11 is 0. The van der Waals surface area contributed by atoms with Crippen molar-refractivity contribution < 1.29 is 19.1 Å². The summed E-state index contributed by atoms with van der Waals surface area (Å²) < 4.78 is 13.3. The van der Waals surface area contributed by atoms with Crippen molar-refractivity contribution in [3.8, 4) is 5.75 Å². The molecule has 3 aromatic rings. The second kappa shape index (κ2) is 8.46. The number of rotatable bonds is 4. The third-order valence-corrected chi connectivity index (χ3v) is 5.90. The van der Waals surface area contributed by atoms with Crippen molar-refractivity contribution >= 4 is 17.6 Å². The number of carbonyl (C=O) groups excluding carboxylic acids is 2. The summed E-state index contributed by atoms with van der Waals surface area (Å²) in [6, 6.07) is 10.8. The van der Waals surface area contributed by atoms with Gasteiger partial charge in [0.1, 0.15) is 11.9 Å². The molecule has 10 nitrogen and oxygen atoms in total. The number of urea groups is 1. The molecule has 3 heterocycles. The van der Waals surface area contributed by atoms with Gasteiger partial charge in [-0.15, -0.1) is 10.2 Å². The summed E-state index contributed by atoms with van der Waals surface area (Å²) in [6.07, 6.45) is 2.98. The van der Waals surface area contributed by atoms with Crippen LogP contribution in [-0.2, 0) is 4.74 Å². The van der Waals surface area contributed by atoms with Crippen LogP contribution in [-0.4, -0.2) is 57.7 Å². The Morgan fingerprint density at radius 3 is 2.62 bits per heavy atom. The van der Waals surface area contributed by atoms with Crippen LogP contribution in [0, 0.1) is 0 Å². The zero-order valence-electron chi connectivity index (χ0n) is 17.4. The molecule has 1 aromatic carbocycles. The Balaban J connectivity index is 1.41. The maximum Gasteiger partial charge on any atom is 0.312 e. The Bertz CT molecular complexity index is 1160. The number of fused-ring (bicyclic) bond motifs is 2. The van der Waals surface area contributed by atoms with Crippen LogP contribution in [0.15, 0.2) is 42.6 Å². The van der Waals surface area contributed by atoms with Gasteiger partial charge in [0.15, 0.2) is 5.65 Å². The monoisotopic (exact) mass is 436 g/mol. The van der Waals surface area contributed by atoms with Crippen LogP contribution in [0.5, 0.6) is 5.75 Å². The summed E-state index contributed by atoms with van der Waals surface area (Å²) in [7, 11) is 0. The zero-order chi connectivity index (χ0) is 22.1. The standard InChI is InChI=1S/C22H24N6O4/c23-22(30)24-17-6-7-18(16-4-2-1-3-15(16)17)32-14-5-8-19-25-26-20(28(19)13-14)21(29)27-9-11-31-12-10-27/h1-5,8,13,17-18H,6-7,9-12H2,(H3,23,24,30)/t17-,18+/m0/s1. The molecule has 5 rings (SSSR count). The van der Waals surface area contributed by atoms with E-state index in [-0.39, 0.29) is 23.9 Å². The fourth-order valence-corrected chi connectivity index (χ4v) is 4.35. The molecule has 0 radical (unpaired) electrons. The van der Waals surface area contributed by atoms with E-state index in [0.717, 1.165) is 11.1 Å². The van der Waals surface area contributed by atoms with Gasteiger partial charge < -0.3 is 25.4 Å². The van der Waals surface area contributed by atoms with E-state index >= 15 is 0 Å². The van der Waals surface area contributed by atoms with Crippen LogP contribution in [0.2, 0.25) is 0 Å². The molecule has 3 N–H and O–H groups in total. The molecule has 0 bridgehead atoms. The number of pyridine rings is 1. The maximum absolute atomic E-state index is 12.9. The average Bonchev–Trinajstić information content (AvgIpc) is 3.24. The van der Waals surface area contributed by atoms with Crippen LogP contribution >= 0.6 is 0 Å². The van der Waals surface area contributed by atoms with E-state index in [0.29, 0.717) is 50.5 Å². The largest absolute Gasteiger partial charge is 0.484 e. The SMILES string of the molecule is NC(=O)N[C@H]1CC[C@@H](Oc2ccc3nnc(C(=O)N4CCOCC4)n3c2)c2ccccc21. The number of nitrogens with two attached hydrogens (primary N) is 1. The summed E-state index contributed by atoms with van der Waals surface area (Å²) in [6.45, 7) is 2.10. The highest BCUT2D eigenvalue weighted by Crippen LogP contribution is 2.38. The molecular formula is C22H24N6O4. The number of hydrogen-bond donors (Lipinski definition) is 2. The third-order valence-electron chi connectivity index (χ3n) is 5.90. The highest BCUT2D eigenvalue weighted by molar-refractivity contribution is 5.91. The lowest BCUT2D eigenvalue weighted by Gasteiger charge is -2.32. The number of aromatic nitrogens is 3. The number of ether oxygens (including phenoxy) is 2. The molecule has 0 saturated carbocycles. The molecule has 1 aliphatic carbocycles. The number of benzene rings is 1. The Morgan fingerprint density at radius 1 is 1.06 bits per heavy atom. The minimum atomic E-state index is -0.542. The maximum atomic E-state index is 12.9. The van der Waals surface area contributed by atoms with E-state index < -0.39 is 6.03 Å². The summed E-state index contributed by atoms with van der Waals surface area (Å²) in [4.78, 5) is 26.0. The minimum Gasteiger partial charge on any atom is -0.484 e. The molecule has 3 amide bonds. The number of amides is 3. The first-order chi connectivity index (χ1) is 15.6. The Morgan fingerprint density at radius 2 is 1.84 bits per heavy atom. The first kappa shape index (κ1) is 20.3. The van der Waals surface area contributed by atoms with E-state index in [9.17, 15) is 9.59 Å². The highest BCUT2D eigenvalue weighted by atomic mass is 16.5. The Hall–Kier alpha value is -3.66. The van der Waals surface area contributed by atoms with Gasteiger partial charge >= 0.3 is 6.03 Å². The molecule has 0 unspecified atom stereocenters. The average molecular weight is 436 g/mol. The fourth-order valence-electron chi connectivity index (χ4n) is 4.35. The van der Waals surface area contributed by atoms with Gasteiger partial charge in [-0.25, -0.2) is 4.79 Å². The summed E-state index contributed by atoms with van der Waals surface area (Å²) in [5.41, 5.74) is 7.91. The minimum absolute atomic E-state index is 0.137. The van der Waals surface area contributed by atoms with Crippen LogP contribution in [0.1, 0.15) is 46.7 Å². The van der Waals surface area contributed by atoms with Crippen molar-refractivity contribution in [2.75, 3.05) is 26.3 Å². The lowest BCUT2D eigenvalue weighted by Crippen LogP contribution is -2.41. The van der Waals surface area contributed by atoms with E-state index in [1.54, 1.807) is 21.6 Å². The molecule has 10 heteroatoms. The van der Waals surface area contributed by atoms with Crippen LogP contribution in [0.25, 0.3) is 5.65 Å². The van der Waals surface area contributed by atoms with E-state index in [1.165, 1.54) is 0 Å².